The van der Waals surface area contributed by atoms with Crippen LogP contribution >= 0.6 is 11.8 Å². The van der Waals surface area contributed by atoms with Crippen molar-refractivity contribution in [3.05, 3.63) is 0 Å². The van der Waals surface area contributed by atoms with E-state index in [0.29, 0.717) is 10.8 Å². The zero-order chi connectivity index (χ0) is 9.90. The van der Waals surface area contributed by atoms with Gasteiger partial charge in [0.2, 0.25) is 0 Å². The molecule has 1 rings (SSSR count). The largest absolute Gasteiger partial charge is 0.316 e. The summed E-state index contributed by atoms with van der Waals surface area (Å²) in [6, 6.07) is 0.694. The summed E-state index contributed by atoms with van der Waals surface area (Å²) in [7, 11) is 2.11. The standard InChI is InChI=1S/C11H23NS/c1-9(2)8-10(12-4)11(3)6-5-7-13-11/h9-10,12H,5-8H2,1-4H3. The fourth-order valence-electron chi connectivity index (χ4n) is 2.22. The lowest BCUT2D eigenvalue weighted by Gasteiger charge is -2.34. The number of hydrogen-bond acceptors (Lipinski definition) is 2. The Morgan fingerprint density at radius 3 is 2.54 bits per heavy atom. The van der Waals surface area contributed by atoms with Gasteiger partial charge in [0.1, 0.15) is 0 Å². The average molecular weight is 201 g/mol. The van der Waals surface area contributed by atoms with Crippen LogP contribution in [0.3, 0.4) is 0 Å². The van der Waals surface area contributed by atoms with Gasteiger partial charge in [-0.05, 0) is 44.9 Å². The first-order valence-corrected chi connectivity index (χ1v) is 6.38. The number of nitrogens with one attached hydrogen (secondary N) is 1. The van der Waals surface area contributed by atoms with Gasteiger partial charge in [0.15, 0.2) is 0 Å². The molecule has 0 aliphatic carbocycles. The minimum absolute atomic E-state index is 0.499. The van der Waals surface area contributed by atoms with E-state index in [1.54, 1.807) is 0 Å². The topological polar surface area (TPSA) is 12.0 Å². The van der Waals surface area contributed by atoms with Gasteiger partial charge in [-0.1, -0.05) is 13.8 Å². The Bertz CT molecular complexity index is 150. The summed E-state index contributed by atoms with van der Waals surface area (Å²) in [6.45, 7) is 7.05. The summed E-state index contributed by atoms with van der Waals surface area (Å²) in [5, 5.41) is 3.50. The fraction of sp³-hybridized carbons (Fsp3) is 1.00. The number of hydrogen-bond donors (Lipinski definition) is 1. The zero-order valence-electron chi connectivity index (χ0n) is 9.39. The molecule has 2 atom stereocenters. The van der Waals surface area contributed by atoms with Crippen molar-refractivity contribution in [2.45, 2.75) is 50.8 Å². The van der Waals surface area contributed by atoms with Crippen molar-refractivity contribution in [3.63, 3.8) is 0 Å². The summed E-state index contributed by atoms with van der Waals surface area (Å²) in [5.41, 5.74) is 0. The van der Waals surface area contributed by atoms with Crippen LogP contribution in [0.15, 0.2) is 0 Å². The van der Waals surface area contributed by atoms with E-state index in [4.69, 9.17) is 0 Å². The summed E-state index contributed by atoms with van der Waals surface area (Å²) in [4.78, 5) is 0. The minimum atomic E-state index is 0.499. The third kappa shape index (κ3) is 2.88. The molecule has 1 saturated heterocycles. The molecule has 0 aromatic carbocycles. The molecule has 13 heavy (non-hydrogen) atoms. The second-order valence-electron chi connectivity index (χ2n) is 4.74. The van der Waals surface area contributed by atoms with Gasteiger partial charge in [-0.25, -0.2) is 0 Å². The van der Waals surface area contributed by atoms with Crippen molar-refractivity contribution in [1.29, 1.82) is 0 Å². The molecule has 1 nitrogen and oxygen atoms in total. The van der Waals surface area contributed by atoms with E-state index in [-0.39, 0.29) is 0 Å². The van der Waals surface area contributed by atoms with Crippen LogP contribution in [-0.2, 0) is 0 Å². The van der Waals surface area contributed by atoms with Crippen molar-refractivity contribution < 1.29 is 0 Å². The molecule has 2 heteroatoms. The molecule has 1 heterocycles. The van der Waals surface area contributed by atoms with Crippen molar-refractivity contribution in [2.75, 3.05) is 12.8 Å². The first-order chi connectivity index (χ1) is 6.08. The Hall–Kier alpha value is 0.310. The van der Waals surface area contributed by atoms with Crippen LogP contribution in [0.1, 0.15) is 40.0 Å². The first-order valence-electron chi connectivity index (χ1n) is 5.39. The predicted molar refractivity (Wildman–Crippen MR) is 62.4 cm³/mol. The first kappa shape index (κ1) is 11.4. The SMILES string of the molecule is CNC(CC(C)C)C1(C)CCCS1. The van der Waals surface area contributed by atoms with Crippen LogP contribution in [0.2, 0.25) is 0 Å². The highest BCUT2D eigenvalue weighted by atomic mass is 32.2. The van der Waals surface area contributed by atoms with Crippen LogP contribution in [0, 0.1) is 5.92 Å². The summed E-state index contributed by atoms with van der Waals surface area (Å²) in [5.74, 6) is 2.16. The Morgan fingerprint density at radius 2 is 2.15 bits per heavy atom. The molecule has 0 saturated carbocycles. The second-order valence-corrected chi connectivity index (χ2v) is 6.37. The van der Waals surface area contributed by atoms with Gasteiger partial charge in [-0.3, -0.25) is 0 Å². The molecule has 0 bridgehead atoms. The van der Waals surface area contributed by atoms with Crippen molar-refractivity contribution in [2.24, 2.45) is 5.92 Å². The van der Waals surface area contributed by atoms with Gasteiger partial charge >= 0.3 is 0 Å². The smallest absolute Gasteiger partial charge is 0.0285 e. The number of thioether (sulfide) groups is 1. The molecule has 1 aliphatic heterocycles. The third-order valence-electron chi connectivity index (χ3n) is 3.04. The molecule has 2 unspecified atom stereocenters. The Labute approximate surface area is 87.1 Å². The van der Waals surface area contributed by atoms with Gasteiger partial charge in [-0.2, -0.15) is 11.8 Å². The summed E-state index contributed by atoms with van der Waals surface area (Å²) >= 11 is 2.16. The van der Waals surface area contributed by atoms with Crippen LogP contribution in [0.4, 0.5) is 0 Å². The lowest BCUT2D eigenvalue weighted by molar-refractivity contribution is 0.361. The maximum atomic E-state index is 3.50. The normalized spacial score (nSPS) is 31.2. The van der Waals surface area contributed by atoms with E-state index < -0.39 is 0 Å². The molecule has 0 aromatic rings. The van der Waals surface area contributed by atoms with Gasteiger partial charge < -0.3 is 5.32 Å². The van der Waals surface area contributed by atoms with Gasteiger partial charge in [-0.15, -0.1) is 0 Å². The van der Waals surface area contributed by atoms with E-state index in [1.165, 1.54) is 25.0 Å². The monoisotopic (exact) mass is 201 g/mol. The maximum absolute atomic E-state index is 3.50. The molecule has 1 aliphatic rings. The summed E-state index contributed by atoms with van der Waals surface area (Å²) in [6.07, 6.45) is 4.09. The van der Waals surface area contributed by atoms with E-state index in [0.717, 1.165) is 5.92 Å². The Kier molecular flexibility index (Phi) is 4.11. The van der Waals surface area contributed by atoms with E-state index >= 15 is 0 Å². The zero-order valence-corrected chi connectivity index (χ0v) is 10.2. The average Bonchev–Trinajstić information content (AvgIpc) is 2.48. The minimum Gasteiger partial charge on any atom is -0.316 e. The number of rotatable bonds is 4. The third-order valence-corrected chi connectivity index (χ3v) is 4.68. The highest BCUT2D eigenvalue weighted by Crippen LogP contribution is 2.41. The Morgan fingerprint density at radius 1 is 1.46 bits per heavy atom. The van der Waals surface area contributed by atoms with Gasteiger partial charge in [0.05, 0.1) is 0 Å². The lowest BCUT2D eigenvalue weighted by Crippen LogP contribution is -2.44. The molecule has 0 radical (unpaired) electrons. The van der Waals surface area contributed by atoms with Crippen molar-refractivity contribution in [1.82, 2.24) is 5.32 Å². The fourth-order valence-corrected chi connectivity index (χ4v) is 3.68. The maximum Gasteiger partial charge on any atom is 0.0285 e. The van der Waals surface area contributed by atoms with Crippen LogP contribution in [0.25, 0.3) is 0 Å². The van der Waals surface area contributed by atoms with Crippen molar-refractivity contribution in [3.8, 4) is 0 Å². The van der Waals surface area contributed by atoms with E-state index in [1.807, 2.05) is 0 Å². The Balaban J connectivity index is 2.53. The molecular weight excluding hydrogens is 178 g/mol. The molecule has 78 valence electrons. The molecular formula is C11H23NS. The van der Waals surface area contributed by atoms with Crippen LogP contribution < -0.4 is 5.32 Å². The lowest BCUT2D eigenvalue weighted by atomic mass is 9.90. The highest BCUT2D eigenvalue weighted by molar-refractivity contribution is 8.00. The van der Waals surface area contributed by atoms with Crippen LogP contribution in [0.5, 0.6) is 0 Å². The second kappa shape index (κ2) is 4.70. The molecule has 1 N–H and O–H groups in total. The predicted octanol–water partition coefficient (Wildman–Crippen LogP) is 2.91. The van der Waals surface area contributed by atoms with Crippen LogP contribution in [-0.4, -0.2) is 23.6 Å². The molecule has 0 aromatic heterocycles. The van der Waals surface area contributed by atoms with E-state index in [9.17, 15) is 0 Å². The highest BCUT2D eigenvalue weighted by Gasteiger charge is 2.36. The molecule has 0 amide bonds. The van der Waals surface area contributed by atoms with Crippen molar-refractivity contribution >= 4 is 11.8 Å². The van der Waals surface area contributed by atoms with Gasteiger partial charge in [0, 0.05) is 10.8 Å². The quantitative estimate of drug-likeness (QED) is 0.750. The van der Waals surface area contributed by atoms with Gasteiger partial charge in [0.25, 0.3) is 0 Å². The summed E-state index contributed by atoms with van der Waals surface area (Å²) < 4.78 is 0.499. The molecule has 1 fully saturated rings. The molecule has 0 spiro atoms. The van der Waals surface area contributed by atoms with E-state index in [2.05, 4.69) is 44.9 Å².